The maximum absolute atomic E-state index is 3.57. The molecule has 0 aromatic heterocycles. The van der Waals surface area contributed by atoms with Crippen LogP contribution in [0.15, 0.2) is 24.3 Å². The van der Waals surface area contributed by atoms with Gasteiger partial charge in [-0.25, -0.2) is 0 Å². The quantitative estimate of drug-likeness (QED) is 0.740. The zero-order valence-electron chi connectivity index (χ0n) is 10.0. The van der Waals surface area contributed by atoms with Crippen molar-refractivity contribution in [2.75, 3.05) is 13.1 Å². The van der Waals surface area contributed by atoms with Crippen molar-refractivity contribution in [3.8, 4) is 0 Å². The molecule has 15 heavy (non-hydrogen) atoms. The molecule has 1 atom stereocenters. The minimum Gasteiger partial charge on any atom is -0.316 e. The molecule has 0 spiro atoms. The molecule has 0 aliphatic carbocycles. The summed E-state index contributed by atoms with van der Waals surface area (Å²) >= 11 is 0. The Kier molecular flexibility index (Phi) is 2.83. The van der Waals surface area contributed by atoms with E-state index in [0.29, 0.717) is 5.92 Å². The maximum Gasteiger partial charge on any atom is 0.00752 e. The first-order valence-corrected chi connectivity index (χ1v) is 5.93. The Hall–Kier alpha value is -0.820. The van der Waals surface area contributed by atoms with Gasteiger partial charge in [-0.2, -0.15) is 0 Å². The number of fused-ring (bicyclic) bond motifs is 1. The average molecular weight is 203 g/mol. The van der Waals surface area contributed by atoms with Crippen LogP contribution in [0.5, 0.6) is 0 Å². The Morgan fingerprint density at radius 2 is 2.00 bits per heavy atom. The van der Waals surface area contributed by atoms with E-state index >= 15 is 0 Å². The van der Waals surface area contributed by atoms with Crippen LogP contribution < -0.4 is 5.32 Å². The molecule has 1 heteroatoms. The van der Waals surface area contributed by atoms with Crippen LogP contribution in [-0.2, 0) is 11.8 Å². The number of rotatable bonds is 1. The van der Waals surface area contributed by atoms with E-state index < -0.39 is 0 Å². The van der Waals surface area contributed by atoms with Crippen LogP contribution >= 0.6 is 0 Å². The highest BCUT2D eigenvalue weighted by molar-refractivity contribution is 5.36. The molecule has 1 heterocycles. The molecule has 2 rings (SSSR count). The lowest BCUT2D eigenvalue weighted by molar-refractivity contribution is 0.327. The van der Waals surface area contributed by atoms with Crippen LogP contribution in [0.3, 0.4) is 0 Å². The Labute approximate surface area is 92.9 Å². The molecule has 0 radical (unpaired) electrons. The molecule has 0 amide bonds. The second kappa shape index (κ2) is 3.97. The number of nitrogens with one attached hydrogen (secondary N) is 1. The predicted octanol–water partition coefficient (Wildman–Crippen LogP) is 2.75. The lowest BCUT2D eigenvalue weighted by Crippen LogP contribution is -2.38. The molecule has 1 N–H and O–H groups in total. The topological polar surface area (TPSA) is 12.0 Å². The molecule has 1 aliphatic heterocycles. The van der Waals surface area contributed by atoms with Crippen LogP contribution in [0, 0.1) is 5.92 Å². The molecule has 1 unspecified atom stereocenters. The highest BCUT2D eigenvalue weighted by Crippen LogP contribution is 2.34. The zero-order valence-corrected chi connectivity index (χ0v) is 10.0. The van der Waals surface area contributed by atoms with Gasteiger partial charge < -0.3 is 5.32 Å². The van der Waals surface area contributed by atoms with E-state index in [1.54, 1.807) is 5.56 Å². The molecule has 1 aromatic carbocycles. The van der Waals surface area contributed by atoms with Crippen LogP contribution in [0.4, 0.5) is 0 Å². The molecular weight excluding hydrogens is 182 g/mol. The first-order valence-electron chi connectivity index (χ1n) is 5.93. The Bertz CT molecular complexity index is 343. The van der Waals surface area contributed by atoms with Crippen molar-refractivity contribution in [3.63, 3.8) is 0 Å². The molecule has 1 aromatic rings. The molecule has 0 bridgehead atoms. The summed E-state index contributed by atoms with van der Waals surface area (Å²) < 4.78 is 0. The van der Waals surface area contributed by atoms with Gasteiger partial charge in [-0.15, -0.1) is 0 Å². The van der Waals surface area contributed by atoms with Crippen molar-refractivity contribution in [1.29, 1.82) is 0 Å². The van der Waals surface area contributed by atoms with Gasteiger partial charge >= 0.3 is 0 Å². The smallest absolute Gasteiger partial charge is 0.00752 e. The molecular formula is C14H21N. The summed E-state index contributed by atoms with van der Waals surface area (Å²) in [7, 11) is 0. The summed E-state index contributed by atoms with van der Waals surface area (Å²) in [6.45, 7) is 9.24. The van der Waals surface area contributed by atoms with E-state index in [-0.39, 0.29) is 5.41 Å². The number of benzene rings is 1. The zero-order chi connectivity index (χ0) is 10.9. The first-order chi connectivity index (χ1) is 7.14. The lowest BCUT2D eigenvalue weighted by Gasteiger charge is -2.34. The summed E-state index contributed by atoms with van der Waals surface area (Å²) in [4.78, 5) is 0. The van der Waals surface area contributed by atoms with E-state index in [9.17, 15) is 0 Å². The fourth-order valence-electron chi connectivity index (χ4n) is 2.48. The van der Waals surface area contributed by atoms with Crippen LogP contribution in [0.25, 0.3) is 0 Å². The monoisotopic (exact) mass is 203 g/mol. The minimum atomic E-state index is 0.285. The van der Waals surface area contributed by atoms with E-state index in [4.69, 9.17) is 0 Å². The standard InChI is InChI=1S/C14H21N/c1-11(2)14(3)10-15-9-8-12-6-4-5-7-13(12)14/h4-7,11,15H,8-10H2,1-3H3. The van der Waals surface area contributed by atoms with Crippen LogP contribution in [-0.4, -0.2) is 13.1 Å². The van der Waals surface area contributed by atoms with Crippen molar-refractivity contribution in [3.05, 3.63) is 35.4 Å². The first kappa shape index (κ1) is 10.7. The highest BCUT2D eigenvalue weighted by atomic mass is 14.9. The van der Waals surface area contributed by atoms with Gasteiger partial charge in [0.15, 0.2) is 0 Å². The molecule has 0 fully saturated rings. The molecule has 0 saturated carbocycles. The van der Waals surface area contributed by atoms with Crippen molar-refractivity contribution in [2.45, 2.75) is 32.6 Å². The number of hydrogen-bond acceptors (Lipinski definition) is 1. The second-order valence-electron chi connectivity index (χ2n) is 5.16. The van der Waals surface area contributed by atoms with Gasteiger partial charge in [0.2, 0.25) is 0 Å². The summed E-state index contributed by atoms with van der Waals surface area (Å²) in [5.41, 5.74) is 3.36. The molecule has 82 valence electrons. The highest BCUT2D eigenvalue weighted by Gasteiger charge is 2.33. The largest absolute Gasteiger partial charge is 0.316 e. The third kappa shape index (κ3) is 1.81. The third-order valence-corrected chi connectivity index (χ3v) is 3.97. The van der Waals surface area contributed by atoms with Crippen molar-refractivity contribution in [2.24, 2.45) is 5.92 Å². The Morgan fingerprint density at radius 1 is 1.27 bits per heavy atom. The molecule has 0 saturated heterocycles. The Morgan fingerprint density at radius 3 is 2.73 bits per heavy atom. The van der Waals surface area contributed by atoms with Gasteiger partial charge in [0.25, 0.3) is 0 Å². The number of hydrogen-bond donors (Lipinski definition) is 1. The van der Waals surface area contributed by atoms with E-state index in [1.165, 1.54) is 12.0 Å². The molecule has 1 nitrogen and oxygen atoms in total. The van der Waals surface area contributed by atoms with Gasteiger partial charge in [-0.3, -0.25) is 0 Å². The van der Waals surface area contributed by atoms with Gasteiger partial charge in [0.1, 0.15) is 0 Å². The fraction of sp³-hybridized carbons (Fsp3) is 0.571. The normalized spacial score (nSPS) is 26.1. The summed E-state index contributed by atoms with van der Waals surface area (Å²) in [5, 5.41) is 3.57. The fourth-order valence-corrected chi connectivity index (χ4v) is 2.48. The predicted molar refractivity (Wildman–Crippen MR) is 65.2 cm³/mol. The van der Waals surface area contributed by atoms with Gasteiger partial charge in [-0.05, 0) is 30.0 Å². The summed E-state index contributed by atoms with van der Waals surface area (Å²) in [6.07, 6.45) is 1.17. The van der Waals surface area contributed by atoms with Gasteiger partial charge in [0, 0.05) is 12.0 Å². The lowest BCUT2D eigenvalue weighted by atomic mass is 9.72. The third-order valence-electron chi connectivity index (χ3n) is 3.97. The Balaban J connectivity index is 2.50. The van der Waals surface area contributed by atoms with Gasteiger partial charge in [0.05, 0.1) is 0 Å². The van der Waals surface area contributed by atoms with Crippen molar-refractivity contribution in [1.82, 2.24) is 5.32 Å². The second-order valence-corrected chi connectivity index (χ2v) is 5.16. The van der Waals surface area contributed by atoms with Crippen molar-refractivity contribution >= 4 is 0 Å². The van der Waals surface area contributed by atoms with E-state index in [0.717, 1.165) is 13.1 Å². The SMILES string of the molecule is CC(C)C1(C)CNCCc2ccccc21. The van der Waals surface area contributed by atoms with Crippen LogP contribution in [0.1, 0.15) is 31.9 Å². The summed E-state index contributed by atoms with van der Waals surface area (Å²) in [5.74, 6) is 0.671. The summed E-state index contributed by atoms with van der Waals surface area (Å²) in [6, 6.07) is 8.92. The van der Waals surface area contributed by atoms with Crippen molar-refractivity contribution < 1.29 is 0 Å². The van der Waals surface area contributed by atoms with Gasteiger partial charge in [-0.1, -0.05) is 45.0 Å². The van der Waals surface area contributed by atoms with E-state index in [2.05, 4.69) is 50.4 Å². The van der Waals surface area contributed by atoms with Crippen LogP contribution in [0.2, 0.25) is 0 Å². The minimum absolute atomic E-state index is 0.285. The molecule has 1 aliphatic rings. The van der Waals surface area contributed by atoms with E-state index in [1.807, 2.05) is 0 Å². The average Bonchev–Trinajstić information content (AvgIpc) is 2.40. The maximum atomic E-state index is 3.57.